The van der Waals surface area contributed by atoms with Gasteiger partial charge in [0, 0.05) is 13.0 Å². The molecule has 1 atom stereocenters. The van der Waals surface area contributed by atoms with Crippen LogP contribution in [0.1, 0.15) is 0 Å². The van der Waals surface area contributed by atoms with Gasteiger partial charge in [0.2, 0.25) is 15.9 Å². The van der Waals surface area contributed by atoms with E-state index in [1.807, 2.05) is 0 Å². The van der Waals surface area contributed by atoms with Crippen LogP contribution in [0.3, 0.4) is 0 Å². The first kappa shape index (κ1) is 11.1. The molecule has 5 nitrogen and oxygen atoms in total. The van der Waals surface area contributed by atoms with Gasteiger partial charge in [-0.2, -0.15) is 4.31 Å². The number of nitrogens with two attached hydrogens (primary N) is 1. The minimum atomic E-state index is -3.60. The Morgan fingerprint density at radius 2 is 1.94 bits per heavy atom. The molecule has 1 amide bonds. The highest BCUT2D eigenvalue weighted by Crippen LogP contribution is 2.25. The Kier molecular flexibility index (Phi) is 2.69. The van der Waals surface area contributed by atoms with Gasteiger partial charge in [-0.3, -0.25) is 4.79 Å². The summed E-state index contributed by atoms with van der Waals surface area (Å²) in [5, 5.41) is 0. The molecule has 1 heterocycles. The number of benzene rings is 1. The van der Waals surface area contributed by atoms with Crippen molar-refractivity contribution in [2.24, 2.45) is 5.73 Å². The average molecular weight is 239 g/mol. The van der Waals surface area contributed by atoms with Crippen molar-refractivity contribution in [2.75, 3.05) is 6.54 Å². The van der Waals surface area contributed by atoms with Crippen molar-refractivity contribution in [2.45, 2.75) is 10.9 Å². The minimum absolute atomic E-state index is 0.175. The Balaban J connectivity index is 2.31. The molecule has 0 saturated carbocycles. The fraction of sp³-hybridized carbons (Fsp3) is 0.200. The highest BCUT2D eigenvalue weighted by molar-refractivity contribution is 7.89. The summed E-state index contributed by atoms with van der Waals surface area (Å²) in [5.41, 5.74) is 5.09. The number of hydrogen-bond acceptors (Lipinski definition) is 3. The fourth-order valence-electron chi connectivity index (χ4n) is 1.53. The Morgan fingerprint density at radius 1 is 1.31 bits per heavy atom. The van der Waals surface area contributed by atoms with E-state index in [2.05, 4.69) is 0 Å². The van der Waals surface area contributed by atoms with Crippen molar-refractivity contribution in [3.8, 4) is 0 Å². The standard InChI is InChI=1S/C10H11N2O3S/c11-10(13)9-6-7-12(9)16(14,15)8-4-2-1-3-5-8/h1-6,9H,7H2,(H2,11,13). The molecule has 0 bridgehead atoms. The summed E-state index contributed by atoms with van der Waals surface area (Å²) < 4.78 is 25.1. The zero-order chi connectivity index (χ0) is 11.8. The summed E-state index contributed by atoms with van der Waals surface area (Å²) in [6, 6.07) is 7.17. The zero-order valence-electron chi connectivity index (χ0n) is 8.41. The molecule has 2 N–H and O–H groups in total. The van der Waals surface area contributed by atoms with Gasteiger partial charge in [-0.05, 0) is 12.1 Å². The van der Waals surface area contributed by atoms with Crippen LogP contribution in [0.15, 0.2) is 35.2 Å². The molecular weight excluding hydrogens is 228 g/mol. The number of nitrogens with zero attached hydrogens (tertiary/aromatic N) is 1. The maximum Gasteiger partial charge on any atom is 0.243 e. The van der Waals surface area contributed by atoms with E-state index in [0.717, 1.165) is 4.31 Å². The molecule has 85 valence electrons. The number of carbonyl (C=O) groups excluding carboxylic acids is 1. The second-order valence-electron chi connectivity index (χ2n) is 3.47. The quantitative estimate of drug-likeness (QED) is 0.789. The lowest BCUT2D eigenvalue weighted by Gasteiger charge is -2.36. The van der Waals surface area contributed by atoms with E-state index >= 15 is 0 Å². The predicted molar refractivity (Wildman–Crippen MR) is 57.6 cm³/mol. The van der Waals surface area contributed by atoms with Gasteiger partial charge in [0.1, 0.15) is 6.04 Å². The van der Waals surface area contributed by atoms with E-state index in [0.29, 0.717) is 0 Å². The third kappa shape index (κ3) is 1.70. The predicted octanol–water partition coefficient (Wildman–Crippen LogP) is -0.251. The van der Waals surface area contributed by atoms with Crippen molar-refractivity contribution in [1.82, 2.24) is 4.31 Å². The molecule has 1 aromatic carbocycles. The highest BCUT2D eigenvalue weighted by atomic mass is 32.2. The molecule has 2 rings (SSSR count). The number of sulfonamides is 1. The number of hydrogen-bond donors (Lipinski definition) is 1. The van der Waals surface area contributed by atoms with Gasteiger partial charge in [-0.25, -0.2) is 8.42 Å². The van der Waals surface area contributed by atoms with E-state index < -0.39 is 22.0 Å². The van der Waals surface area contributed by atoms with Crippen LogP contribution < -0.4 is 5.73 Å². The largest absolute Gasteiger partial charge is 0.368 e. The van der Waals surface area contributed by atoms with Crippen LogP contribution in [0.25, 0.3) is 0 Å². The molecule has 1 saturated heterocycles. The summed E-state index contributed by atoms with van der Waals surface area (Å²) in [5.74, 6) is -0.647. The van der Waals surface area contributed by atoms with E-state index in [1.54, 1.807) is 24.6 Å². The lowest BCUT2D eigenvalue weighted by Crippen LogP contribution is -2.57. The molecule has 6 heteroatoms. The number of rotatable bonds is 3. The Bertz CT molecular complexity index is 498. The van der Waals surface area contributed by atoms with Gasteiger partial charge < -0.3 is 5.73 Å². The van der Waals surface area contributed by atoms with Gasteiger partial charge in [0.05, 0.1) is 4.90 Å². The van der Waals surface area contributed by atoms with Gasteiger partial charge in [0.25, 0.3) is 0 Å². The van der Waals surface area contributed by atoms with Gasteiger partial charge in [-0.15, -0.1) is 0 Å². The van der Waals surface area contributed by atoms with Crippen LogP contribution in [0.4, 0.5) is 0 Å². The summed E-state index contributed by atoms with van der Waals surface area (Å²) >= 11 is 0. The smallest absolute Gasteiger partial charge is 0.243 e. The van der Waals surface area contributed by atoms with Crippen LogP contribution >= 0.6 is 0 Å². The molecule has 1 fully saturated rings. The zero-order valence-corrected chi connectivity index (χ0v) is 9.22. The Labute approximate surface area is 93.9 Å². The summed E-state index contributed by atoms with van der Waals surface area (Å²) in [4.78, 5) is 11.1. The molecule has 0 spiro atoms. The van der Waals surface area contributed by atoms with Crippen molar-refractivity contribution in [3.05, 3.63) is 36.8 Å². The van der Waals surface area contributed by atoms with E-state index in [-0.39, 0.29) is 11.4 Å². The Hall–Kier alpha value is -1.40. The monoisotopic (exact) mass is 239 g/mol. The SMILES string of the molecule is NC(=O)C1[CH]CN1S(=O)(=O)c1ccccc1. The van der Waals surface area contributed by atoms with Crippen LogP contribution in [-0.2, 0) is 14.8 Å². The van der Waals surface area contributed by atoms with Crippen LogP contribution in [0.5, 0.6) is 0 Å². The van der Waals surface area contributed by atoms with Crippen molar-refractivity contribution in [3.63, 3.8) is 0 Å². The topological polar surface area (TPSA) is 80.5 Å². The maximum absolute atomic E-state index is 12.0. The van der Waals surface area contributed by atoms with Gasteiger partial charge in [0.15, 0.2) is 0 Å². The Morgan fingerprint density at radius 3 is 2.38 bits per heavy atom. The molecule has 0 aliphatic carbocycles. The first-order valence-corrected chi connectivity index (χ1v) is 6.17. The van der Waals surface area contributed by atoms with Crippen molar-refractivity contribution < 1.29 is 13.2 Å². The van der Waals surface area contributed by atoms with Gasteiger partial charge >= 0.3 is 0 Å². The molecular formula is C10H11N2O3S. The number of amides is 1. The second-order valence-corrected chi connectivity index (χ2v) is 5.36. The molecule has 1 aliphatic heterocycles. The van der Waals surface area contributed by atoms with Crippen molar-refractivity contribution >= 4 is 15.9 Å². The molecule has 16 heavy (non-hydrogen) atoms. The van der Waals surface area contributed by atoms with E-state index in [9.17, 15) is 13.2 Å². The first-order chi connectivity index (χ1) is 7.53. The summed E-state index contributed by atoms with van der Waals surface area (Å²) in [6.07, 6.45) is 1.57. The van der Waals surface area contributed by atoms with Gasteiger partial charge in [-0.1, -0.05) is 18.2 Å². The van der Waals surface area contributed by atoms with E-state index in [1.165, 1.54) is 12.1 Å². The molecule has 0 aromatic heterocycles. The third-order valence-corrected chi connectivity index (χ3v) is 4.32. The number of primary amides is 1. The van der Waals surface area contributed by atoms with Crippen molar-refractivity contribution in [1.29, 1.82) is 0 Å². The normalized spacial score (nSPS) is 21.4. The average Bonchev–Trinajstić information content (AvgIpc) is 2.15. The summed E-state index contributed by atoms with van der Waals surface area (Å²) in [6.45, 7) is 0.227. The molecule has 1 radical (unpaired) electrons. The molecule has 1 unspecified atom stereocenters. The maximum atomic E-state index is 12.0. The van der Waals surface area contributed by atoms with Crippen LogP contribution in [-0.4, -0.2) is 31.2 Å². The van der Waals surface area contributed by atoms with Crippen LogP contribution in [0, 0.1) is 6.42 Å². The lowest BCUT2D eigenvalue weighted by atomic mass is 10.1. The minimum Gasteiger partial charge on any atom is -0.368 e. The molecule has 1 aliphatic rings. The fourth-order valence-corrected chi connectivity index (χ4v) is 3.07. The highest BCUT2D eigenvalue weighted by Gasteiger charge is 2.41. The van der Waals surface area contributed by atoms with E-state index in [4.69, 9.17) is 5.73 Å². The third-order valence-electron chi connectivity index (χ3n) is 2.46. The van der Waals surface area contributed by atoms with Crippen LogP contribution in [0.2, 0.25) is 0 Å². The lowest BCUT2D eigenvalue weighted by molar-refractivity contribution is -0.122. The first-order valence-electron chi connectivity index (χ1n) is 4.73. The molecule has 1 aromatic rings. The number of carbonyl (C=O) groups is 1. The summed E-state index contributed by atoms with van der Waals surface area (Å²) in [7, 11) is -3.60. The second kappa shape index (κ2) is 3.88.